The molecular formula is C29H22N6OS2. The maximum atomic E-state index is 12.7. The zero-order chi connectivity index (χ0) is 25.9. The van der Waals surface area contributed by atoms with Crippen molar-refractivity contribution in [1.82, 2.24) is 24.7 Å². The Hall–Kier alpha value is -4.34. The molecule has 0 saturated heterocycles. The minimum absolute atomic E-state index is 0.144. The van der Waals surface area contributed by atoms with Gasteiger partial charge in [-0.1, -0.05) is 90.6 Å². The highest BCUT2D eigenvalue weighted by molar-refractivity contribution is 7.99. The molecule has 0 saturated carbocycles. The van der Waals surface area contributed by atoms with E-state index in [9.17, 15) is 4.79 Å². The highest BCUT2D eigenvalue weighted by Crippen LogP contribution is 2.32. The van der Waals surface area contributed by atoms with Crippen LogP contribution in [-0.2, 0) is 11.8 Å². The molecule has 0 radical (unpaired) electrons. The van der Waals surface area contributed by atoms with Crippen LogP contribution in [0.5, 0.6) is 0 Å². The predicted octanol–water partition coefficient (Wildman–Crippen LogP) is 6.55. The average molecular weight is 535 g/mol. The molecule has 38 heavy (non-hydrogen) atoms. The quantitative estimate of drug-likeness (QED) is 0.234. The van der Waals surface area contributed by atoms with Gasteiger partial charge in [0.2, 0.25) is 5.91 Å². The number of hydrogen-bond acceptors (Lipinski definition) is 7. The maximum Gasteiger partial charge on any atom is 0.236 e. The van der Waals surface area contributed by atoms with E-state index < -0.39 is 0 Å². The summed E-state index contributed by atoms with van der Waals surface area (Å²) in [6.07, 6.45) is 0. The molecule has 0 spiro atoms. The van der Waals surface area contributed by atoms with Crippen LogP contribution in [0.25, 0.3) is 44.8 Å². The van der Waals surface area contributed by atoms with E-state index >= 15 is 0 Å². The summed E-state index contributed by atoms with van der Waals surface area (Å²) in [4.78, 5) is 22.1. The number of fused-ring (bicyclic) bond motifs is 1. The molecule has 3 aromatic heterocycles. The number of anilines is 1. The summed E-state index contributed by atoms with van der Waals surface area (Å²) in [5, 5.41) is 15.9. The SMILES string of the molecule is Cn1c(SCC(=O)Nc2nc(-c3ccccc3)cs2)nnc1-c1cc(-c2ccccc2)nc2ccccc12. The molecule has 0 aliphatic carbocycles. The number of nitrogens with one attached hydrogen (secondary N) is 1. The van der Waals surface area contributed by atoms with Gasteiger partial charge < -0.3 is 9.88 Å². The first-order chi connectivity index (χ1) is 18.7. The minimum Gasteiger partial charge on any atom is -0.305 e. The second-order valence-electron chi connectivity index (χ2n) is 8.54. The normalized spacial score (nSPS) is 11.1. The van der Waals surface area contributed by atoms with E-state index in [4.69, 9.17) is 4.98 Å². The van der Waals surface area contributed by atoms with Crippen LogP contribution in [0, 0.1) is 0 Å². The molecule has 0 bridgehead atoms. The van der Waals surface area contributed by atoms with Crippen molar-refractivity contribution in [2.24, 2.45) is 7.05 Å². The third kappa shape index (κ3) is 4.93. The fourth-order valence-electron chi connectivity index (χ4n) is 4.15. The molecule has 0 fully saturated rings. The Morgan fingerprint density at radius 3 is 2.32 bits per heavy atom. The van der Waals surface area contributed by atoms with Crippen LogP contribution in [0.3, 0.4) is 0 Å². The van der Waals surface area contributed by atoms with E-state index in [-0.39, 0.29) is 11.7 Å². The summed E-state index contributed by atoms with van der Waals surface area (Å²) >= 11 is 2.75. The molecule has 9 heteroatoms. The van der Waals surface area contributed by atoms with Crippen LogP contribution in [0.2, 0.25) is 0 Å². The van der Waals surface area contributed by atoms with Gasteiger partial charge >= 0.3 is 0 Å². The monoisotopic (exact) mass is 534 g/mol. The van der Waals surface area contributed by atoms with E-state index in [1.165, 1.54) is 23.1 Å². The first kappa shape index (κ1) is 24.0. The molecule has 0 unspecified atom stereocenters. The lowest BCUT2D eigenvalue weighted by Crippen LogP contribution is -2.14. The number of nitrogens with zero attached hydrogens (tertiary/aromatic N) is 5. The molecule has 0 aliphatic rings. The summed E-state index contributed by atoms with van der Waals surface area (Å²) in [5.74, 6) is 0.767. The van der Waals surface area contributed by atoms with Gasteiger partial charge in [-0.15, -0.1) is 21.5 Å². The highest BCUT2D eigenvalue weighted by atomic mass is 32.2. The number of para-hydroxylation sites is 1. The summed E-state index contributed by atoms with van der Waals surface area (Å²) in [5.41, 5.74) is 5.59. The van der Waals surface area contributed by atoms with E-state index in [0.29, 0.717) is 10.3 Å². The smallest absolute Gasteiger partial charge is 0.236 e. The van der Waals surface area contributed by atoms with Crippen molar-refractivity contribution in [2.75, 3.05) is 11.1 Å². The Morgan fingerprint density at radius 2 is 1.55 bits per heavy atom. The largest absolute Gasteiger partial charge is 0.305 e. The predicted molar refractivity (Wildman–Crippen MR) is 154 cm³/mol. The number of pyridine rings is 1. The van der Waals surface area contributed by atoms with Gasteiger partial charge in [-0.3, -0.25) is 4.79 Å². The molecule has 6 aromatic rings. The number of thioether (sulfide) groups is 1. The van der Waals surface area contributed by atoms with Crippen molar-refractivity contribution in [2.45, 2.75) is 5.16 Å². The van der Waals surface area contributed by atoms with Gasteiger partial charge in [-0.05, 0) is 12.1 Å². The summed E-state index contributed by atoms with van der Waals surface area (Å²) in [6, 6.07) is 30.1. The topological polar surface area (TPSA) is 85.6 Å². The lowest BCUT2D eigenvalue weighted by atomic mass is 10.0. The van der Waals surface area contributed by atoms with Gasteiger partial charge in [0.15, 0.2) is 16.1 Å². The Labute approximate surface area is 227 Å². The van der Waals surface area contributed by atoms with Crippen LogP contribution in [0.4, 0.5) is 5.13 Å². The molecule has 3 aromatic carbocycles. The van der Waals surface area contributed by atoms with Crippen molar-refractivity contribution in [3.05, 3.63) is 96.4 Å². The average Bonchev–Trinajstić information content (AvgIpc) is 3.58. The number of aromatic nitrogens is 5. The van der Waals surface area contributed by atoms with Crippen LogP contribution in [0.1, 0.15) is 0 Å². The molecule has 1 N–H and O–H groups in total. The van der Waals surface area contributed by atoms with Gasteiger partial charge in [0.05, 0.1) is 22.7 Å². The Kier molecular flexibility index (Phi) is 6.68. The summed E-state index contributed by atoms with van der Waals surface area (Å²) < 4.78 is 1.92. The number of carbonyl (C=O) groups is 1. The molecule has 186 valence electrons. The molecule has 1 amide bonds. The number of hydrogen-bond donors (Lipinski definition) is 1. The molecule has 6 rings (SSSR count). The van der Waals surface area contributed by atoms with Gasteiger partial charge in [-0.25, -0.2) is 9.97 Å². The summed E-state index contributed by atoms with van der Waals surface area (Å²) in [6.45, 7) is 0. The Balaban J connectivity index is 1.21. The zero-order valence-electron chi connectivity index (χ0n) is 20.4. The van der Waals surface area contributed by atoms with Crippen molar-refractivity contribution in [1.29, 1.82) is 0 Å². The number of benzene rings is 3. The number of carbonyl (C=O) groups excluding carboxylic acids is 1. The van der Waals surface area contributed by atoms with E-state index in [0.717, 1.165) is 44.8 Å². The van der Waals surface area contributed by atoms with Gasteiger partial charge in [-0.2, -0.15) is 0 Å². The number of amides is 1. The molecule has 7 nitrogen and oxygen atoms in total. The van der Waals surface area contributed by atoms with Gasteiger partial charge in [0.25, 0.3) is 0 Å². The maximum absolute atomic E-state index is 12.7. The van der Waals surface area contributed by atoms with Crippen LogP contribution in [-0.4, -0.2) is 36.4 Å². The number of thiazole rings is 1. The lowest BCUT2D eigenvalue weighted by molar-refractivity contribution is -0.113. The Bertz CT molecular complexity index is 1730. The van der Waals surface area contributed by atoms with Crippen molar-refractivity contribution in [3.8, 4) is 33.9 Å². The van der Waals surface area contributed by atoms with Gasteiger partial charge in [0, 0.05) is 34.5 Å². The summed E-state index contributed by atoms with van der Waals surface area (Å²) in [7, 11) is 1.92. The van der Waals surface area contributed by atoms with Crippen molar-refractivity contribution < 1.29 is 4.79 Å². The lowest BCUT2D eigenvalue weighted by Gasteiger charge is -2.10. The zero-order valence-corrected chi connectivity index (χ0v) is 22.0. The van der Waals surface area contributed by atoms with Crippen molar-refractivity contribution >= 4 is 45.0 Å². The molecule has 3 heterocycles. The molecule has 0 atom stereocenters. The van der Waals surface area contributed by atoms with Crippen LogP contribution in [0.15, 0.2) is 102 Å². The molecular weight excluding hydrogens is 512 g/mol. The van der Waals surface area contributed by atoms with Crippen LogP contribution >= 0.6 is 23.1 Å². The second-order valence-corrected chi connectivity index (χ2v) is 10.3. The van der Waals surface area contributed by atoms with E-state index in [1.807, 2.05) is 102 Å². The van der Waals surface area contributed by atoms with Gasteiger partial charge in [0.1, 0.15) is 0 Å². The standard InChI is InChI=1S/C29H22N6OS2/c1-35-27(22-16-24(19-10-4-2-5-11-19)30-23-15-9-8-14-21(22)23)33-34-29(35)38-18-26(36)32-28-31-25(17-37-28)20-12-6-3-7-13-20/h2-17H,18H2,1H3,(H,31,32,36). The first-order valence-corrected chi connectivity index (χ1v) is 13.8. The number of rotatable bonds is 7. The third-order valence-corrected chi connectivity index (χ3v) is 7.79. The highest BCUT2D eigenvalue weighted by Gasteiger charge is 2.17. The fraction of sp³-hybridized carbons (Fsp3) is 0.0690. The molecule has 0 aliphatic heterocycles. The van der Waals surface area contributed by atoms with Crippen molar-refractivity contribution in [3.63, 3.8) is 0 Å². The van der Waals surface area contributed by atoms with Crippen LogP contribution < -0.4 is 5.32 Å². The van der Waals surface area contributed by atoms with E-state index in [1.54, 1.807) is 0 Å². The first-order valence-electron chi connectivity index (χ1n) is 11.9. The van der Waals surface area contributed by atoms with E-state index in [2.05, 4.69) is 26.6 Å². The minimum atomic E-state index is -0.144. The second kappa shape index (κ2) is 10.6. The third-order valence-electron chi connectivity index (χ3n) is 6.01. The fourth-order valence-corrected chi connectivity index (χ4v) is 5.60. The Morgan fingerprint density at radius 1 is 0.868 bits per heavy atom.